The van der Waals surface area contributed by atoms with Crippen molar-refractivity contribution in [3.63, 3.8) is 0 Å². The quantitative estimate of drug-likeness (QED) is 0.634. The second kappa shape index (κ2) is 4.38. The number of nitrogens with zero attached hydrogens (tertiary/aromatic N) is 1. The zero-order chi connectivity index (χ0) is 13.6. The van der Waals surface area contributed by atoms with E-state index in [0.717, 1.165) is 4.90 Å². The van der Waals surface area contributed by atoms with Crippen molar-refractivity contribution in [1.29, 1.82) is 0 Å². The molecule has 2 amide bonds. The molecule has 2 unspecified atom stereocenters. The molecule has 5 heteroatoms. The summed E-state index contributed by atoms with van der Waals surface area (Å²) >= 11 is 5.87. The van der Waals surface area contributed by atoms with E-state index >= 15 is 0 Å². The van der Waals surface area contributed by atoms with Crippen molar-refractivity contribution < 1.29 is 14.7 Å². The molecule has 3 rings (SSSR count). The Morgan fingerprint density at radius 2 is 1.68 bits per heavy atom. The van der Waals surface area contributed by atoms with Crippen molar-refractivity contribution in [1.82, 2.24) is 0 Å². The molecule has 1 aromatic rings. The highest BCUT2D eigenvalue weighted by Crippen LogP contribution is 2.41. The Balaban J connectivity index is 2.04. The lowest BCUT2D eigenvalue weighted by Crippen LogP contribution is -2.30. The number of carbonyl (C=O) groups excluding carboxylic acids is 2. The Morgan fingerprint density at radius 1 is 1.11 bits per heavy atom. The molecule has 2 atom stereocenters. The molecule has 19 heavy (non-hydrogen) atoms. The van der Waals surface area contributed by atoms with Crippen LogP contribution in [0.1, 0.15) is 12.8 Å². The number of halogens is 1. The molecule has 0 bridgehead atoms. The van der Waals surface area contributed by atoms with Crippen molar-refractivity contribution in [2.24, 2.45) is 11.8 Å². The van der Waals surface area contributed by atoms with Gasteiger partial charge in [-0.2, -0.15) is 0 Å². The van der Waals surface area contributed by atoms with Crippen molar-refractivity contribution in [2.75, 3.05) is 4.90 Å². The third-order valence-electron chi connectivity index (χ3n) is 3.69. The molecule has 1 fully saturated rings. The van der Waals surface area contributed by atoms with Crippen LogP contribution in [-0.4, -0.2) is 16.9 Å². The first-order valence-electron chi connectivity index (χ1n) is 6.11. The number of hydrogen-bond acceptors (Lipinski definition) is 3. The van der Waals surface area contributed by atoms with Crippen molar-refractivity contribution in [3.05, 3.63) is 35.4 Å². The standard InChI is InChI=1S/C14H12ClNO3/c15-8-5-6-12(17)11(7-8)16-13(18)9-3-1-2-4-10(9)14(16)19/h1-2,5-7,9-10,17H,3-4H2. The molecule has 0 spiro atoms. The van der Waals surface area contributed by atoms with E-state index in [1.165, 1.54) is 18.2 Å². The fourth-order valence-electron chi connectivity index (χ4n) is 2.71. The summed E-state index contributed by atoms with van der Waals surface area (Å²) in [6.45, 7) is 0. The van der Waals surface area contributed by atoms with Gasteiger partial charge in [0.2, 0.25) is 11.8 Å². The van der Waals surface area contributed by atoms with Gasteiger partial charge in [0.15, 0.2) is 0 Å². The zero-order valence-electron chi connectivity index (χ0n) is 10.0. The van der Waals surface area contributed by atoms with Crippen LogP contribution in [0, 0.1) is 11.8 Å². The molecule has 1 heterocycles. The normalized spacial score (nSPS) is 25.8. The largest absolute Gasteiger partial charge is 0.506 e. The van der Waals surface area contributed by atoms with Crippen LogP contribution in [0.4, 0.5) is 5.69 Å². The maximum atomic E-state index is 12.3. The predicted octanol–water partition coefficient (Wildman–Crippen LogP) is 2.50. The van der Waals surface area contributed by atoms with E-state index in [9.17, 15) is 14.7 Å². The van der Waals surface area contributed by atoms with Crippen LogP contribution in [0.2, 0.25) is 5.02 Å². The van der Waals surface area contributed by atoms with Crippen LogP contribution in [0.3, 0.4) is 0 Å². The summed E-state index contributed by atoms with van der Waals surface area (Å²) in [4.78, 5) is 25.7. The van der Waals surface area contributed by atoms with Crippen LogP contribution >= 0.6 is 11.6 Å². The monoisotopic (exact) mass is 277 g/mol. The predicted molar refractivity (Wildman–Crippen MR) is 71.0 cm³/mol. The number of aromatic hydroxyl groups is 1. The highest BCUT2D eigenvalue weighted by atomic mass is 35.5. The van der Waals surface area contributed by atoms with Gasteiger partial charge >= 0.3 is 0 Å². The van der Waals surface area contributed by atoms with E-state index in [1.807, 2.05) is 12.2 Å². The number of fused-ring (bicyclic) bond motifs is 1. The number of hydrogen-bond donors (Lipinski definition) is 1. The highest BCUT2D eigenvalue weighted by Gasteiger charge is 2.48. The first kappa shape index (κ1) is 12.2. The smallest absolute Gasteiger partial charge is 0.238 e. The summed E-state index contributed by atoms with van der Waals surface area (Å²) in [7, 11) is 0. The molecule has 1 aliphatic heterocycles. The van der Waals surface area contributed by atoms with Gasteiger partial charge in [-0.3, -0.25) is 9.59 Å². The zero-order valence-corrected chi connectivity index (χ0v) is 10.8. The van der Waals surface area contributed by atoms with E-state index in [1.54, 1.807) is 0 Å². The minimum absolute atomic E-state index is 0.113. The Morgan fingerprint density at radius 3 is 2.26 bits per heavy atom. The van der Waals surface area contributed by atoms with Gasteiger partial charge in [0.25, 0.3) is 0 Å². The Kier molecular flexibility index (Phi) is 2.82. The summed E-state index contributed by atoms with van der Waals surface area (Å²) < 4.78 is 0. The van der Waals surface area contributed by atoms with Crippen LogP contribution in [0.5, 0.6) is 5.75 Å². The number of allylic oxidation sites excluding steroid dienone is 2. The lowest BCUT2D eigenvalue weighted by atomic mass is 9.85. The summed E-state index contributed by atoms with van der Waals surface area (Å²) in [5, 5.41) is 10.2. The van der Waals surface area contributed by atoms with Gasteiger partial charge in [-0.25, -0.2) is 4.90 Å². The summed E-state index contributed by atoms with van der Waals surface area (Å²) in [5.74, 6) is -1.24. The van der Waals surface area contributed by atoms with Crippen molar-refractivity contribution in [2.45, 2.75) is 12.8 Å². The van der Waals surface area contributed by atoms with Crippen LogP contribution in [0.25, 0.3) is 0 Å². The molecule has 0 radical (unpaired) electrons. The SMILES string of the molecule is O=C1C2CC=CCC2C(=O)N1c1cc(Cl)ccc1O. The molecule has 1 aliphatic carbocycles. The number of imide groups is 1. The third kappa shape index (κ3) is 1.83. The second-order valence-corrected chi connectivity index (χ2v) is 5.24. The van der Waals surface area contributed by atoms with Gasteiger partial charge < -0.3 is 5.11 Å². The van der Waals surface area contributed by atoms with Gasteiger partial charge in [-0.15, -0.1) is 0 Å². The van der Waals surface area contributed by atoms with Gasteiger partial charge in [0.1, 0.15) is 5.75 Å². The van der Waals surface area contributed by atoms with E-state index in [-0.39, 0.29) is 35.1 Å². The maximum absolute atomic E-state index is 12.3. The Hall–Kier alpha value is -1.81. The maximum Gasteiger partial charge on any atom is 0.238 e. The number of benzene rings is 1. The minimum atomic E-state index is -0.309. The number of carbonyl (C=O) groups is 2. The fraction of sp³-hybridized carbons (Fsp3) is 0.286. The van der Waals surface area contributed by atoms with Crippen LogP contribution in [0.15, 0.2) is 30.4 Å². The molecular weight excluding hydrogens is 266 g/mol. The Bertz CT molecular complexity index is 570. The van der Waals surface area contributed by atoms with Crippen molar-refractivity contribution in [3.8, 4) is 5.75 Å². The van der Waals surface area contributed by atoms with E-state index < -0.39 is 0 Å². The first-order valence-corrected chi connectivity index (χ1v) is 6.48. The molecule has 2 aliphatic rings. The Labute approximate surface area is 115 Å². The lowest BCUT2D eigenvalue weighted by molar-refractivity contribution is -0.122. The number of phenolic OH excluding ortho intramolecular Hbond substituents is 1. The highest BCUT2D eigenvalue weighted by molar-refractivity contribution is 6.31. The van der Waals surface area contributed by atoms with Gasteiger partial charge in [0.05, 0.1) is 17.5 Å². The van der Waals surface area contributed by atoms with Crippen LogP contribution in [-0.2, 0) is 9.59 Å². The summed E-state index contributed by atoms with van der Waals surface area (Å²) in [6.07, 6.45) is 5.00. The molecule has 0 aromatic heterocycles. The van der Waals surface area contributed by atoms with E-state index in [4.69, 9.17) is 11.6 Å². The van der Waals surface area contributed by atoms with Crippen LogP contribution < -0.4 is 4.90 Å². The van der Waals surface area contributed by atoms with Gasteiger partial charge in [0, 0.05) is 5.02 Å². The molecule has 0 saturated carbocycles. The van der Waals surface area contributed by atoms with Gasteiger partial charge in [-0.05, 0) is 31.0 Å². The second-order valence-electron chi connectivity index (χ2n) is 4.80. The topological polar surface area (TPSA) is 57.6 Å². The third-order valence-corrected chi connectivity index (χ3v) is 3.92. The fourth-order valence-corrected chi connectivity index (χ4v) is 2.88. The summed E-state index contributed by atoms with van der Waals surface area (Å²) in [6, 6.07) is 4.34. The molecular formula is C14H12ClNO3. The average molecular weight is 278 g/mol. The van der Waals surface area contributed by atoms with Crippen molar-refractivity contribution >= 4 is 29.1 Å². The number of anilines is 1. The number of rotatable bonds is 1. The molecule has 4 nitrogen and oxygen atoms in total. The minimum Gasteiger partial charge on any atom is -0.506 e. The molecule has 98 valence electrons. The molecule has 1 saturated heterocycles. The molecule has 1 N–H and O–H groups in total. The van der Waals surface area contributed by atoms with Gasteiger partial charge in [-0.1, -0.05) is 23.8 Å². The average Bonchev–Trinajstić information content (AvgIpc) is 2.66. The lowest BCUT2D eigenvalue weighted by Gasteiger charge is -2.16. The van der Waals surface area contributed by atoms with E-state index in [2.05, 4.69) is 0 Å². The molecule has 1 aromatic carbocycles. The number of amides is 2. The summed E-state index contributed by atoms with van der Waals surface area (Å²) in [5.41, 5.74) is 0.178. The number of phenols is 1. The first-order chi connectivity index (χ1) is 9.09. The van der Waals surface area contributed by atoms with E-state index in [0.29, 0.717) is 17.9 Å².